The lowest BCUT2D eigenvalue weighted by atomic mass is 10.0. The second-order valence-corrected chi connectivity index (χ2v) is 5.85. The van der Waals surface area contributed by atoms with Crippen LogP contribution in [0.25, 0.3) is 0 Å². The number of esters is 1. The number of carboxylic acid groups (broad SMARTS) is 1. The van der Waals surface area contributed by atoms with E-state index in [4.69, 9.17) is 9.84 Å². The molecule has 2 unspecified atom stereocenters. The number of carbonyl (C=O) groups excluding carboxylic acids is 1. The Balaban J connectivity index is 4.13. The van der Waals surface area contributed by atoms with E-state index in [1.165, 1.54) is 6.42 Å². The molecule has 5 heteroatoms. The molecule has 0 heterocycles. The summed E-state index contributed by atoms with van der Waals surface area (Å²) in [5.41, 5.74) is 0. The van der Waals surface area contributed by atoms with Crippen molar-refractivity contribution < 1.29 is 24.5 Å². The Labute approximate surface area is 127 Å². The van der Waals surface area contributed by atoms with Gasteiger partial charge in [-0.2, -0.15) is 0 Å². The Morgan fingerprint density at radius 1 is 1.05 bits per heavy atom. The van der Waals surface area contributed by atoms with Crippen LogP contribution in [0, 0.1) is 5.92 Å². The monoisotopic (exact) mass is 300 g/mol. The summed E-state index contributed by atoms with van der Waals surface area (Å²) in [5.74, 6) is -1.17. The number of hydrogen-bond donors (Lipinski definition) is 2. The van der Waals surface area contributed by atoms with Gasteiger partial charge in [-0.05, 0) is 25.7 Å². The molecule has 0 aliphatic carbocycles. The summed E-state index contributed by atoms with van der Waals surface area (Å²) in [4.78, 5) is 21.8. The van der Waals surface area contributed by atoms with Crippen LogP contribution >= 0.6 is 0 Å². The zero-order valence-electron chi connectivity index (χ0n) is 13.2. The van der Waals surface area contributed by atoms with E-state index in [1.54, 1.807) is 6.92 Å². The summed E-state index contributed by atoms with van der Waals surface area (Å²) in [7, 11) is 0. The largest absolute Gasteiger partial charge is 0.478 e. The molecule has 5 nitrogen and oxygen atoms in total. The van der Waals surface area contributed by atoms with Crippen molar-refractivity contribution in [2.75, 3.05) is 0 Å². The number of aliphatic carboxylic acids is 1. The van der Waals surface area contributed by atoms with Gasteiger partial charge in [-0.3, -0.25) is 0 Å². The number of ether oxygens (including phenoxy) is 1. The molecule has 0 fully saturated rings. The van der Waals surface area contributed by atoms with Crippen LogP contribution in [0.1, 0.15) is 59.3 Å². The van der Waals surface area contributed by atoms with Crippen molar-refractivity contribution in [3.8, 4) is 0 Å². The second-order valence-electron chi connectivity index (χ2n) is 5.85. The smallest absolute Gasteiger partial charge is 0.331 e. The van der Waals surface area contributed by atoms with Gasteiger partial charge in [-0.25, -0.2) is 9.59 Å². The third-order valence-corrected chi connectivity index (χ3v) is 3.06. The minimum absolute atomic E-state index is 0.366. The van der Waals surface area contributed by atoms with Crippen molar-refractivity contribution in [1.29, 1.82) is 0 Å². The lowest BCUT2D eigenvalue weighted by Gasteiger charge is -2.18. The van der Waals surface area contributed by atoms with Crippen LogP contribution in [0.5, 0.6) is 0 Å². The number of carbonyl (C=O) groups is 2. The lowest BCUT2D eigenvalue weighted by molar-refractivity contribution is -0.145. The first-order valence-electron chi connectivity index (χ1n) is 7.61. The Morgan fingerprint density at radius 3 is 2.19 bits per heavy atom. The van der Waals surface area contributed by atoms with Gasteiger partial charge < -0.3 is 14.9 Å². The quantitative estimate of drug-likeness (QED) is 0.348. The molecule has 0 rings (SSSR count). The van der Waals surface area contributed by atoms with Gasteiger partial charge in [-0.15, -0.1) is 0 Å². The second kappa shape index (κ2) is 11.3. The van der Waals surface area contributed by atoms with E-state index in [2.05, 4.69) is 13.8 Å². The van der Waals surface area contributed by atoms with Crippen molar-refractivity contribution in [1.82, 2.24) is 0 Å². The Hall–Kier alpha value is -1.36. The highest BCUT2D eigenvalue weighted by molar-refractivity contribution is 5.90. The standard InChI is InChI=1S/C16H28O5/c1-12(2)7-5-4-6-8-14(11-13(3)17)21-16(20)10-9-15(18)19/h9-10,12-14,17H,4-8,11H2,1-3H3,(H,18,19). The summed E-state index contributed by atoms with van der Waals surface area (Å²) in [6.45, 7) is 6.02. The van der Waals surface area contributed by atoms with E-state index in [0.717, 1.165) is 31.4 Å². The summed E-state index contributed by atoms with van der Waals surface area (Å²) in [6, 6.07) is 0. The number of hydrogen-bond acceptors (Lipinski definition) is 4. The predicted molar refractivity (Wildman–Crippen MR) is 80.9 cm³/mol. The lowest BCUT2D eigenvalue weighted by Crippen LogP contribution is -2.22. The fourth-order valence-electron chi connectivity index (χ4n) is 2.05. The summed E-state index contributed by atoms with van der Waals surface area (Å²) >= 11 is 0. The van der Waals surface area contributed by atoms with Crippen molar-refractivity contribution in [2.24, 2.45) is 5.92 Å². The highest BCUT2D eigenvalue weighted by Gasteiger charge is 2.15. The number of aliphatic hydroxyl groups is 1. The van der Waals surface area contributed by atoms with Crippen LogP contribution in [0.2, 0.25) is 0 Å². The molecule has 0 aliphatic heterocycles. The van der Waals surface area contributed by atoms with Gasteiger partial charge in [0.15, 0.2) is 0 Å². The number of carboxylic acids is 1. The maximum atomic E-state index is 11.5. The molecule has 0 saturated carbocycles. The van der Waals surface area contributed by atoms with E-state index in [0.29, 0.717) is 18.8 Å². The van der Waals surface area contributed by atoms with Crippen molar-refractivity contribution in [3.63, 3.8) is 0 Å². The predicted octanol–water partition coefficient (Wildman–Crippen LogP) is 2.92. The first kappa shape index (κ1) is 19.6. The highest BCUT2D eigenvalue weighted by Crippen LogP contribution is 2.15. The fourth-order valence-corrected chi connectivity index (χ4v) is 2.05. The van der Waals surface area contributed by atoms with Crippen LogP contribution < -0.4 is 0 Å². The molecular formula is C16H28O5. The van der Waals surface area contributed by atoms with Gasteiger partial charge in [0.05, 0.1) is 6.10 Å². The zero-order valence-corrected chi connectivity index (χ0v) is 13.2. The first-order chi connectivity index (χ1) is 9.81. The van der Waals surface area contributed by atoms with Crippen LogP contribution in [-0.4, -0.2) is 34.4 Å². The minimum Gasteiger partial charge on any atom is -0.478 e. The average molecular weight is 300 g/mol. The molecule has 2 N–H and O–H groups in total. The third kappa shape index (κ3) is 13.4. The average Bonchev–Trinajstić information content (AvgIpc) is 2.34. The maximum Gasteiger partial charge on any atom is 0.331 e. The Bertz CT molecular complexity index is 334. The molecule has 0 aromatic rings. The molecule has 21 heavy (non-hydrogen) atoms. The maximum absolute atomic E-state index is 11.5. The van der Waals surface area contributed by atoms with Crippen LogP contribution in [0.15, 0.2) is 12.2 Å². The van der Waals surface area contributed by atoms with Crippen molar-refractivity contribution >= 4 is 11.9 Å². The molecular weight excluding hydrogens is 272 g/mol. The summed E-state index contributed by atoms with van der Waals surface area (Å²) in [6.07, 6.45) is 6.12. The van der Waals surface area contributed by atoms with Gasteiger partial charge in [0.25, 0.3) is 0 Å². The molecule has 0 aromatic carbocycles. The SMILES string of the molecule is CC(C)CCCCCC(CC(C)O)OC(=O)C=CC(=O)O. The van der Waals surface area contributed by atoms with Gasteiger partial charge in [0.1, 0.15) is 6.10 Å². The fraction of sp³-hybridized carbons (Fsp3) is 0.750. The molecule has 122 valence electrons. The molecule has 0 amide bonds. The number of aliphatic hydroxyl groups excluding tert-OH is 1. The number of rotatable bonds is 11. The molecule has 0 bridgehead atoms. The van der Waals surface area contributed by atoms with E-state index in [-0.39, 0.29) is 6.10 Å². The normalized spacial score (nSPS) is 14.3. The van der Waals surface area contributed by atoms with Crippen LogP contribution in [-0.2, 0) is 14.3 Å². The molecule has 2 atom stereocenters. The van der Waals surface area contributed by atoms with Crippen molar-refractivity contribution in [3.05, 3.63) is 12.2 Å². The minimum atomic E-state index is -1.19. The number of unbranched alkanes of at least 4 members (excludes halogenated alkanes) is 2. The summed E-state index contributed by atoms with van der Waals surface area (Å²) in [5, 5.41) is 17.9. The van der Waals surface area contributed by atoms with E-state index in [9.17, 15) is 14.7 Å². The molecule has 0 aromatic heterocycles. The third-order valence-electron chi connectivity index (χ3n) is 3.06. The van der Waals surface area contributed by atoms with Gasteiger partial charge in [-0.1, -0.05) is 33.1 Å². The van der Waals surface area contributed by atoms with Crippen LogP contribution in [0.3, 0.4) is 0 Å². The van der Waals surface area contributed by atoms with Crippen LogP contribution in [0.4, 0.5) is 0 Å². The summed E-state index contributed by atoms with van der Waals surface area (Å²) < 4.78 is 5.19. The van der Waals surface area contributed by atoms with Gasteiger partial charge in [0, 0.05) is 18.6 Å². The molecule has 0 spiro atoms. The van der Waals surface area contributed by atoms with Crippen molar-refractivity contribution in [2.45, 2.75) is 71.5 Å². The Kier molecular flexibility index (Phi) is 10.6. The molecule has 0 aliphatic rings. The van der Waals surface area contributed by atoms with E-state index >= 15 is 0 Å². The zero-order chi connectivity index (χ0) is 16.3. The Morgan fingerprint density at radius 2 is 1.67 bits per heavy atom. The first-order valence-corrected chi connectivity index (χ1v) is 7.61. The highest BCUT2D eigenvalue weighted by atomic mass is 16.5. The molecule has 0 saturated heterocycles. The molecule has 0 radical (unpaired) electrons. The van der Waals surface area contributed by atoms with Gasteiger partial charge in [0.2, 0.25) is 0 Å². The van der Waals surface area contributed by atoms with E-state index in [1.807, 2.05) is 0 Å². The topological polar surface area (TPSA) is 83.8 Å². The van der Waals surface area contributed by atoms with Gasteiger partial charge >= 0.3 is 11.9 Å². The van der Waals surface area contributed by atoms with E-state index < -0.39 is 18.0 Å².